The zero-order valence-electron chi connectivity index (χ0n) is 68.2. The minimum Gasteiger partial charge on any atom is -0.477 e. The number of unbranched alkanes of at least 4 members (excludes halogenated alkanes) is 46. The van der Waals surface area contributed by atoms with Gasteiger partial charge in [0.15, 0.2) is 6.10 Å². The molecule has 594 valence electrons. The molecule has 0 saturated heterocycles. The van der Waals surface area contributed by atoms with E-state index in [1.165, 1.54) is 276 Å². The van der Waals surface area contributed by atoms with Crippen LogP contribution in [0.25, 0.3) is 0 Å². The summed E-state index contributed by atoms with van der Waals surface area (Å²) in [7, 11) is 5.99. The maximum atomic E-state index is 13.0. The van der Waals surface area contributed by atoms with Gasteiger partial charge in [-0.05, 0) is 109 Å². The van der Waals surface area contributed by atoms with Crippen molar-refractivity contribution in [2.24, 2.45) is 0 Å². The number of carboxylic acid groups (broad SMARTS) is 1. The normalized spacial score (nSPS) is 13.2. The highest BCUT2D eigenvalue weighted by atomic mass is 16.7. The Morgan fingerprint density at radius 1 is 0.301 bits per heavy atom. The zero-order chi connectivity index (χ0) is 74.6. The van der Waals surface area contributed by atoms with Crippen molar-refractivity contribution < 1.29 is 42.9 Å². The van der Waals surface area contributed by atoms with Crippen LogP contribution < -0.4 is 0 Å². The molecule has 0 saturated carbocycles. The van der Waals surface area contributed by atoms with Crippen LogP contribution in [-0.4, -0.2) is 87.4 Å². The lowest BCUT2D eigenvalue weighted by Crippen LogP contribution is -2.40. The summed E-state index contributed by atoms with van der Waals surface area (Å²) < 4.78 is 23.1. The number of nitrogens with zero attached hydrogens (tertiary/aromatic N) is 1. The first kappa shape index (κ1) is 98.7. The maximum Gasteiger partial charge on any atom is 0.361 e. The molecule has 0 aromatic heterocycles. The Balaban J connectivity index is 3.97. The molecular weight excluding hydrogens is 1270 g/mol. The third-order valence-corrected chi connectivity index (χ3v) is 19.2. The molecule has 9 heteroatoms. The first-order valence-corrected chi connectivity index (χ1v) is 43.7. The third-order valence-electron chi connectivity index (χ3n) is 19.2. The van der Waals surface area contributed by atoms with Gasteiger partial charge >= 0.3 is 17.9 Å². The molecule has 2 atom stereocenters. The Kier molecular flexibility index (Phi) is 79.8. The van der Waals surface area contributed by atoms with Crippen LogP contribution in [-0.2, 0) is 33.3 Å². The Labute approximate surface area is 637 Å². The SMILES string of the molecule is CC/C=C\C/C=C\C/C=C\C/C=C\C/C=C\C/C=C\C/C=C\C/C=C\CCCCCCCCCCCCCCCCCCC(=O)OC(COC(=O)CCCCCCCCCCCCCCCCCCCCCCCCCCC/C=C\C/C=C\CCCCCCC)COC(OCC[N+](C)(C)C)C(=O)O. The fourth-order valence-corrected chi connectivity index (χ4v) is 12.6. The first-order chi connectivity index (χ1) is 50.6. The number of carboxylic acids is 1. The highest BCUT2D eigenvalue weighted by Gasteiger charge is 2.25. The summed E-state index contributed by atoms with van der Waals surface area (Å²) in [4.78, 5) is 37.8. The molecule has 2 unspecified atom stereocenters. The molecule has 103 heavy (non-hydrogen) atoms. The van der Waals surface area contributed by atoms with Crippen LogP contribution in [0.5, 0.6) is 0 Å². The van der Waals surface area contributed by atoms with E-state index in [0.717, 1.165) is 96.3 Å². The van der Waals surface area contributed by atoms with Crippen molar-refractivity contribution in [3.05, 3.63) is 122 Å². The highest BCUT2D eigenvalue weighted by molar-refractivity contribution is 5.71. The molecule has 0 aromatic rings. The largest absolute Gasteiger partial charge is 0.477 e. The molecule has 0 radical (unpaired) electrons. The molecule has 0 bridgehead atoms. The number of carbonyl (C=O) groups excluding carboxylic acids is 2. The van der Waals surface area contributed by atoms with Gasteiger partial charge in [0.25, 0.3) is 6.29 Å². The molecule has 0 spiro atoms. The third kappa shape index (κ3) is 84.8. The van der Waals surface area contributed by atoms with Crippen molar-refractivity contribution in [1.29, 1.82) is 0 Å². The van der Waals surface area contributed by atoms with E-state index < -0.39 is 18.4 Å². The summed E-state index contributed by atoms with van der Waals surface area (Å²) in [6, 6.07) is 0. The summed E-state index contributed by atoms with van der Waals surface area (Å²) in [5.41, 5.74) is 0. The van der Waals surface area contributed by atoms with Gasteiger partial charge in [0.2, 0.25) is 0 Å². The number of hydrogen-bond donors (Lipinski definition) is 1. The second-order valence-corrected chi connectivity index (χ2v) is 30.5. The van der Waals surface area contributed by atoms with Gasteiger partial charge in [-0.25, -0.2) is 4.79 Å². The van der Waals surface area contributed by atoms with Crippen molar-refractivity contribution in [3.8, 4) is 0 Å². The van der Waals surface area contributed by atoms with Gasteiger partial charge < -0.3 is 28.5 Å². The summed E-state index contributed by atoms with van der Waals surface area (Å²) in [5, 5.41) is 9.79. The van der Waals surface area contributed by atoms with Gasteiger partial charge in [0.05, 0.1) is 34.4 Å². The fourth-order valence-electron chi connectivity index (χ4n) is 12.6. The van der Waals surface area contributed by atoms with Crippen LogP contribution in [0.3, 0.4) is 0 Å². The molecule has 0 rings (SSSR count). The van der Waals surface area contributed by atoms with Crippen LogP contribution in [0.4, 0.5) is 0 Å². The zero-order valence-corrected chi connectivity index (χ0v) is 68.2. The Morgan fingerprint density at radius 3 is 0.825 bits per heavy atom. The molecule has 0 heterocycles. The van der Waals surface area contributed by atoms with Gasteiger partial charge in [-0.1, -0.05) is 399 Å². The van der Waals surface area contributed by atoms with E-state index in [1.807, 2.05) is 21.1 Å². The molecule has 0 amide bonds. The Bertz CT molecular complexity index is 2120. The number of aliphatic carboxylic acids is 1. The van der Waals surface area contributed by atoms with Crippen LogP contribution in [0.15, 0.2) is 122 Å². The van der Waals surface area contributed by atoms with Crippen molar-refractivity contribution >= 4 is 17.9 Å². The fraction of sp³-hybridized carbons (Fsp3) is 0.755. The van der Waals surface area contributed by atoms with Crippen LogP contribution in [0.2, 0.25) is 0 Å². The first-order valence-electron chi connectivity index (χ1n) is 43.7. The van der Waals surface area contributed by atoms with Crippen molar-refractivity contribution in [2.45, 2.75) is 411 Å². The number of esters is 2. The number of rotatable bonds is 81. The number of likely N-dealkylation sites (N-methyl/N-ethyl adjacent to an activating group) is 1. The molecule has 0 aliphatic carbocycles. The predicted octanol–water partition coefficient (Wildman–Crippen LogP) is 28.6. The maximum absolute atomic E-state index is 13.0. The number of quaternary nitrogens is 1. The highest BCUT2D eigenvalue weighted by Crippen LogP contribution is 2.20. The van der Waals surface area contributed by atoms with E-state index >= 15 is 0 Å². The molecule has 1 N–H and O–H groups in total. The van der Waals surface area contributed by atoms with Crippen LogP contribution in [0.1, 0.15) is 399 Å². The molecular formula is C94H166NO8+. The number of hydrogen-bond acceptors (Lipinski definition) is 7. The molecule has 0 aliphatic heterocycles. The van der Waals surface area contributed by atoms with E-state index in [0.29, 0.717) is 17.4 Å². The average molecular weight is 1440 g/mol. The van der Waals surface area contributed by atoms with Crippen LogP contribution >= 0.6 is 0 Å². The number of ether oxygens (including phenoxy) is 4. The van der Waals surface area contributed by atoms with Gasteiger partial charge in [0, 0.05) is 12.8 Å². The minimum absolute atomic E-state index is 0.181. The second kappa shape index (κ2) is 83.3. The topological polar surface area (TPSA) is 108 Å². The van der Waals surface area contributed by atoms with Crippen LogP contribution in [0, 0.1) is 0 Å². The lowest BCUT2D eigenvalue weighted by Gasteiger charge is -2.25. The standard InChI is InChI=1S/C94H165NO8/c1-6-8-10-12-14-16-18-20-22-24-26-28-30-32-34-36-38-40-42-44-45-46-47-49-51-53-55-57-59-61-63-65-67-69-71-73-75-77-79-81-83-85-92(97)103-90(89-102-94(93(98)99)100-87-86-95(3,4)5)88-101-91(96)84-82-80-78-76-74-72-70-68-66-64-62-60-58-56-54-52-50-48-43-41-39-37-35-33-31-29-27-25-23-21-19-17-15-13-11-9-7-2/h8,10,14,16,19-22,25-28,32,34,38,40,44-45,47,49,90,94H,6-7,9,11-13,15,17-18,23-24,29-31,33,35-37,39,41-43,46,48,50-89H2,1-5H3/p+1/b10-8-,16-14-,21-19-,22-20-,27-25-,28-26-,34-32-,40-38-,45-44-,49-47-. The van der Waals surface area contributed by atoms with Gasteiger partial charge in [-0.2, -0.15) is 0 Å². The van der Waals surface area contributed by atoms with Crippen molar-refractivity contribution in [2.75, 3.05) is 47.5 Å². The van der Waals surface area contributed by atoms with Gasteiger partial charge in [0.1, 0.15) is 13.2 Å². The number of allylic oxidation sites excluding steroid dienone is 20. The summed E-state index contributed by atoms with van der Waals surface area (Å²) in [6.07, 6.45) is 117. The van der Waals surface area contributed by atoms with E-state index in [2.05, 4.69) is 135 Å². The number of carbonyl (C=O) groups is 3. The van der Waals surface area contributed by atoms with Crippen molar-refractivity contribution in [3.63, 3.8) is 0 Å². The summed E-state index contributed by atoms with van der Waals surface area (Å²) in [6.45, 7) is 4.80. The molecule has 0 aliphatic rings. The molecule has 0 fully saturated rings. The van der Waals surface area contributed by atoms with E-state index in [1.54, 1.807) is 0 Å². The van der Waals surface area contributed by atoms with E-state index in [4.69, 9.17) is 18.9 Å². The Morgan fingerprint density at radius 2 is 0.553 bits per heavy atom. The van der Waals surface area contributed by atoms with E-state index in [-0.39, 0.29) is 38.2 Å². The molecule has 0 aromatic carbocycles. The lowest BCUT2D eigenvalue weighted by molar-refractivity contribution is -0.870. The monoisotopic (exact) mass is 1440 g/mol. The average Bonchev–Trinajstić information content (AvgIpc) is 1.01. The molecule has 9 nitrogen and oxygen atoms in total. The smallest absolute Gasteiger partial charge is 0.361 e. The quantitative estimate of drug-likeness (QED) is 0.0211. The minimum atomic E-state index is -1.51. The predicted molar refractivity (Wildman–Crippen MR) is 447 cm³/mol. The van der Waals surface area contributed by atoms with E-state index in [9.17, 15) is 19.5 Å². The van der Waals surface area contributed by atoms with Crippen molar-refractivity contribution in [1.82, 2.24) is 0 Å². The lowest BCUT2D eigenvalue weighted by atomic mass is 10.0. The second-order valence-electron chi connectivity index (χ2n) is 30.5. The van der Waals surface area contributed by atoms with Gasteiger partial charge in [-0.3, -0.25) is 9.59 Å². The Hall–Kier alpha value is -4.31. The summed E-state index contributed by atoms with van der Waals surface area (Å²) in [5.74, 6) is -1.98. The summed E-state index contributed by atoms with van der Waals surface area (Å²) >= 11 is 0. The van der Waals surface area contributed by atoms with Gasteiger partial charge in [-0.15, -0.1) is 0 Å².